The molecule has 20 heavy (non-hydrogen) atoms. The normalized spacial score (nSPS) is 13.3. The number of aliphatic carboxylic acids is 1. The van der Waals surface area contributed by atoms with E-state index in [1.54, 1.807) is 0 Å². The predicted molar refractivity (Wildman–Crippen MR) is 72.5 cm³/mol. The summed E-state index contributed by atoms with van der Waals surface area (Å²) < 4.78 is 0. The molecular weight excluding hydrogens is 267 g/mol. The Morgan fingerprint density at radius 2 is 1.35 bits per heavy atom. The van der Waals surface area contributed by atoms with Gasteiger partial charge in [0.1, 0.15) is 0 Å². The number of aliphatic hydroxyl groups is 1. The van der Waals surface area contributed by atoms with E-state index >= 15 is 0 Å². The molecule has 0 amide bonds. The van der Waals surface area contributed by atoms with Crippen LogP contribution in [0.15, 0.2) is 0 Å². The fourth-order valence-corrected chi connectivity index (χ4v) is 1.95. The van der Waals surface area contributed by atoms with Gasteiger partial charge in [0.25, 0.3) is 0 Å². The van der Waals surface area contributed by atoms with Gasteiger partial charge in [-0.2, -0.15) is 0 Å². The Bertz CT molecular complexity index is 277. The minimum Gasteiger partial charge on any atom is -0.547 e. The van der Waals surface area contributed by atoms with Crippen LogP contribution in [0.4, 0.5) is 0 Å². The molecule has 112 valence electrons. The van der Waals surface area contributed by atoms with Gasteiger partial charge in [-0.25, -0.2) is 0 Å². The Morgan fingerprint density at radius 3 is 1.75 bits per heavy atom. The summed E-state index contributed by atoms with van der Waals surface area (Å²) in [5, 5.41) is 19.9. The molecule has 0 saturated carbocycles. The Hall–Kier alpha value is 0.100. The fraction of sp³-hybridized carbons (Fsp3) is 0.867. The van der Waals surface area contributed by atoms with Crippen molar-refractivity contribution >= 4 is 11.8 Å². The second kappa shape index (κ2) is 12.8. The van der Waals surface area contributed by atoms with Gasteiger partial charge in [-0.3, -0.25) is 4.79 Å². The Kier molecular flexibility index (Phi) is 14.3. The van der Waals surface area contributed by atoms with Crippen LogP contribution in [0.5, 0.6) is 0 Å². The number of ketones is 1. The smallest absolute Gasteiger partial charge is 0.547 e. The molecule has 0 radical (unpaired) electrons. The summed E-state index contributed by atoms with van der Waals surface area (Å²) in [6.07, 6.45) is 10.2. The van der Waals surface area contributed by atoms with Crippen molar-refractivity contribution in [3.63, 3.8) is 0 Å². The first-order valence-electron chi connectivity index (χ1n) is 7.40. The van der Waals surface area contributed by atoms with E-state index in [4.69, 9.17) is 0 Å². The van der Waals surface area contributed by atoms with Crippen LogP contribution in [0, 0.1) is 0 Å². The van der Waals surface area contributed by atoms with E-state index in [-0.39, 0.29) is 36.0 Å². The number of Topliss-reactive ketones (excluding diaryl/α,β-unsaturated/α-hetero) is 1. The minimum atomic E-state index is -2.33. The molecule has 0 aliphatic heterocycles. The molecule has 0 rings (SSSR count). The van der Waals surface area contributed by atoms with E-state index in [0.29, 0.717) is 6.42 Å². The summed E-state index contributed by atoms with van der Waals surface area (Å²) in [5.41, 5.74) is -2.33. The van der Waals surface area contributed by atoms with Gasteiger partial charge in [0.2, 0.25) is 0 Å². The number of carbonyl (C=O) groups is 2. The summed E-state index contributed by atoms with van der Waals surface area (Å²) in [6.45, 7) is 3.18. The van der Waals surface area contributed by atoms with Crippen molar-refractivity contribution in [3.05, 3.63) is 0 Å². The molecule has 0 aromatic carbocycles. The third kappa shape index (κ3) is 9.92. The molecule has 0 aromatic rings. The Labute approximate surface area is 144 Å². The topological polar surface area (TPSA) is 77.4 Å². The second-order valence-corrected chi connectivity index (χ2v) is 5.36. The number of carboxylic acid groups (broad SMARTS) is 1. The first-order valence-corrected chi connectivity index (χ1v) is 7.40. The molecule has 0 aromatic heterocycles. The number of rotatable bonds is 12. The summed E-state index contributed by atoms with van der Waals surface area (Å²) in [4.78, 5) is 22.0. The Balaban J connectivity index is 0. The molecule has 0 bridgehead atoms. The van der Waals surface area contributed by atoms with Crippen LogP contribution >= 0.6 is 0 Å². The van der Waals surface area contributed by atoms with Crippen molar-refractivity contribution in [2.24, 2.45) is 0 Å². The third-order valence-corrected chi connectivity index (χ3v) is 3.45. The SMILES string of the molecule is CCCCCCCCCCCC(=O)C(C)(O)C(=O)[O-].[Na+]. The molecule has 0 aliphatic carbocycles. The number of hydrogen-bond acceptors (Lipinski definition) is 4. The largest absolute Gasteiger partial charge is 1.00 e. The average Bonchev–Trinajstić information content (AvgIpc) is 2.36. The first kappa shape index (κ1) is 22.4. The van der Waals surface area contributed by atoms with Crippen molar-refractivity contribution in [2.45, 2.75) is 83.7 Å². The molecule has 0 aliphatic rings. The zero-order valence-electron chi connectivity index (χ0n) is 13.2. The molecule has 1 N–H and O–H groups in total. The maximum atomic E-state index is 11.4. The molecule has 0 heterocycles. The summed E-state index contributed by atoms with van der Waals surface area (Å²) >= 11 is 0. The molecule has 1 unspecified atom stereocenters. The van der Waals surface area contributed by atoms with E-state index in [2.05, 4.69) is 6.92 Å². The molecule has 5 heteroatoms. The van der Waals surface area contributed by atoms with E-state index in [1.807, 2.05) is 0 Å². The molecule has 0 fully saturated rings. The van der Waals surface area contributed by atoms with Crippen LogP contribution in [-0.4, -0.2) is 22.5 Å². The van der Waals surface area contributed by atoms with Gasteiger partial charge in [0.05, 0.1) is 5.97 Å². The zero-order valence-corrected chi connectivity index (χ0v) is 15.2. The zero-order chi connectivity index (χ0) is 14.7. The second-order valence-electron chi connectivity index (χ2n) is 5.36. The average molecular weight is 294 g/mol. The van der Waals surface area contributed by atoms with Gasteiger partial charge >= 0.3 is 29.6 Å². The number of unbranched alkanes of at least 4 members (excludes halogenated alkanes) is 8. The molecule has 0 saturated heterocycles. The fourth-order valence-electron chi connectivity index (χ4n) is 1.95. The number of carboxylic acids is 1. The maximum absolute atomic E-state index is 11.4. The van der Waals surface area contributed by atoms with Crippen LogP contribution < -0.4 is 34.7 Å². The van der Waals surface area contributed by atoms with Gasteiger partial charge in [-0.05, 0) is 13.3 Å². The number of hydrogen-bond donors (Lipinski definition) is 1. The summed E-state index contributed by atoms with van der Waals surface area (Å²) in [7, 11) is 0. The van der Waals surface area contributed by atoms with Crippen LogP contribution in [0.25, 0.3) is 0 Å². The summed E-state index contributed by atoms with van der Waals surface area (Å²) in [5.74, 6) is -2.37. The van der Waals surface area contributed by atoms with Crippen LogP contribution in [0.3, 0.4) is 0 Å². The quantitative estimate of drug-likeness (QED) is 0.284. The Morgan fingerprint density at radius 1 is 0.950 bits per heavy atom. The van der Waals surface area contributed by atoms with Gasteiger partial charge in [0.15, 0.2) is 11.4 Å². The van der Waals surface area contributed by atoms with Gasteiger partial charge in [-0.15, -0.1) is 0 Å². The van der Waals surface area contributed by atoms with E-state index in [1.165, 1.54) is 32.1 Å². The van der Waals surface area contributed by atoms with Crippen LogP contribution in [-0.2, 0) is 9.59 Å². The van der Waals surface area contributed by atoms with E-state index < -0.39 is 17.4 Å². The van der Waals surface area contributed by atoms with Crippen molar-refractivity contribution in [1.29, 1.82) is 0 Å². The standard InChI is InChI=1S/C15H28O4.Na/c1-3-4-5-6-7-8-9-10-11-12-13(16)15(2,19)14(17)18;/h19H,3-12H2,1-2H3,(H,17,18);/q;+1/p-1. The van der Waals surface area contributed by atoms with Crippen molar-refractivity contribution in [3.8, 4) is 0 Å². The van der Waals surface area contributed by atoms with Gasteiger partial charge < -0.3 is 15.0 Å². The van der Waals surface area contributed by atoms with Crippen LogP contribution in [0.2, 0.25) is 0 Å². The van der Waals surface area contributed by atoms with E-state index in [0.717, 1.165) is 26.2 Å². The van der Waals surface area contributed by atoms with E-state index in [9.17, 15) is 19.8 Å². The van der Waals surface area contributed by atoms with Crippen molar-refractivity contribution in [1.82, 2.24) is 0 Å². The van der Waals surface area contributed by atoms with Crippen molar-refractivity contribution in [2.75, 3.05) is 0 Å². The maximum Gasteiger partial charge on any atom is 1.00 e. The monoisotopic (exact) mass is 294 g/mol. The predicted octanol–water partition coefficient (Wildman–Crippen LogP) is -1.02. The first-order chi connectivity index (χ1) is 8.92. The molecule has 1 atom stereocenters. The minimum absolute atomic E-state index is 0. The van der Waals surface area contributed by atoms with Gasteiger partial charge in [-0.1, -0.05) is 58.3 Å². The van der Waals surface area contributed by atoms with Crippen molar-refractivity contribution < 1.29 is 49.4 Å². The molecule has 4 nitrogen and oxygen atoms in total. The molecular formula is C15H27NaO4. The van der Waals surface area contributed by atoms with Crippen LogP contribution in [0.1, 0.15) is 78.1 Å². The third-order valence-electron chi connectivity index (χ3n) is 3.45. The molecule has 0 spiro atoms. The van der Waals surface area contributed by atoms with Gasteiger partial charge in [0, 0.05) is 6.42 Å². The number of carbonyl (C=O) groups excluding carboxylic acids is 2. The summed E-state index contributed by atoms with van der Waals surface area (Å²) in [6, 6.07) is 0.